The van der Waals surface area contributed by atoms with E-state index in [-0.39, 0.29) is 0 Å². The molecular weight excluding hydrogens is 288 g/mol. The Bertz CT molecular complexity index is 663. The number of fused-ring (bicyclic) bond motifs is 1. The van der Waals surface area contributed by atoms with Crippen molar-refractivity contribution in [2.45, 2.75) is 65.7 Å². The molecule has 0 radical (unpaired) electrons. The van der Waals surface area contributed by atoms with Crippen LogP contribution in [0.3, 0.4) is 0 Å². The van der Waals surface area contributed by atoms with Crippen LogP contribution in [0.5, 0.6) is 0 Å². The second-order valence-electron chi connectivity index (χ2n) is 8.97. The first kappa shape index (κ1) is 16.2. The lowest BCUT2D eigenvalue weighted by Crippen LogP contribution is -2.25. The first-order valence-corrected chi connectivity index (χ1v) is 10.0. The fourth-order valence-corrected chi connectivity index (χ4v) is 5.14. The zero-order valence-corrected chi connectivity index (χ0v) is 15.6. The fourth-order valence-electron chi connectivity index (χ4n) is 5.14. The van der Waals surface area contributed by atoms with E-state index in [9.17, 15) is 0 Å². The predicted molar refractivity (Wildman–Crippen MR) is 104 cm³/mol. The highest BCUT2D eigenvalue weighted by atomic mass is 14.5. The molecule has 0 spiro atoms. The van der Waals surface area contributed by atoms with E-state index in [1.54, 1.807) is 5.57 Å². The van der Waals surface area contributed by atoms with Gasteiger partial charge in [0.25, 0.3) is 0 Å². The van der Waals surface area contributed by atoms with Crippen molar-refractivity contribution in [1.82, 2.24) is 0 Å². The van der Waals surface area contributed by atoms with Gasteiger partial charge in [-0.25, -0.2) is 0 Å². The average molecular weight is 321 g/mol. The number of benzene rings is 1. The summed E-state index contributed by atoms with van der Waals surface area (Å²) in [6, 6.07) is 7.06. The summed E-state index contributed by atoms with van der Waals surface area (Å²) in [6.45, 7) is 7.26. The van der Waals surface area contributed by atoms with E-state index < -0.39 is 0 Å². The normalized spacial score (nSPS) is 29.4. The highest BCUT2D eigenvalue weighted by Crippen LogP contribution is 2.56. The SMILES string of the molecule is Cc1ccc2c(c1)CC=CC=C2C1CCC(C(C)C2(C)CC2)CC1. The minimum Gasteiger partial charge on any atom is -0.0801 e. The highest BCUT2D eigenvalue weighted by molar-refractivity contribution is 5.73. The number of hydrogen-bond acceptors (Lipinski definition) is 0. The van der Waals surface area contributed by atoms with Crippen molar-refractivity contribution in [3.8, 4) is 0 Å². The molecule has 0 amide bonds. The summed E-state index contributed by atoms with van der Waals surface area (Å²) in [4.78, 5) is 0. The van der Waals surface area contributed by atoms with E-state index in [0.717, 1.165) is 24.2 Å². The van der Waals surface area contributed by atoms with E-state index >= 15 is 0 Å². The molecule has 0 N–H and O–H groups in total. The van der Waals surface area contributed by atoms with E-state index in [2.05, 4.69) is 57.2 Å². The Morgan fingerprint density at radius 1 is 1.08 bits per heavy atom. The van der Waals surface area contributed by atoms with Gasteiger partial charge in [-0.1, -0.05) is 55.8 Å². The van der Waals surface area contributed by atoms with Crippen LogP contribution in [-0.4, -0.2) is 0 Å². The molecule has 0 heteroatoms. The molecule has 128 valence electrons. The summed E-state index contributed by atoms with van der Waals surface area (Å²) in [7, 11) is 0. The molecule has 0 bridgehead atoms. The van der Waals surface area contributed by atoms with Crippen LogP contribution >= 0.6 is 0 Å². The molecule has 0 saturated heterocycles. The summed E-state index contributed by atoms with van der Waals surface area (Å²) in [5, 5.41) is 0. The van der Waals surface area contributed by atoms with Crippen LogP contribution in [0.25, 0.3) is 5.57 Å². The van der Waals surface area contributed by atoms with E-state index in [1.807, 2.05) is 0 Å². The lowest BCUT2D eigenvalue weighted by atomic mass is 9.69. The van der Waals surface area contributed by atoms with Crippen LogP contribution in [0, 0.1) is 30.1 Å². The molecule has 4 rings (SSSR count). The topological polar surface area (TPSA) is 0 Å². The maximum absolute atomic E-state index is 2.53. The van der Waals surface area contributed by atoms with Crippen LogP contribution < -0.4 is 0 Å². The van der Waals surface area contributed by atoms with E-state index in [1.165, 1.54) is 55.2 Å². The summed E-state index contributed by atoms with van der Waals surface area (Å²) in [6.07, 6.45) is 16.7. The third kappa shape index (κ3) is 3.01. The molecule has 3 aliphatic carbocycles. The Balaban J connectivity index is 1.50. The number of aryl methyl sites for hydroxylation is 1. The fraction of sp³-hybridized carbons (Fsp3) is 0.583. The Hall–Kier alpha value is -1.30. The molecule has 0 aliphatic heterocycles. The maximum Gasteiger partial charge on any atom is -0.00882 e. The van der Waals surface area contributed by atoms with Crippen molar-refractivity contribution in [2.75, 3.05) is 0 Å². The predicted octanol–water partition coefficient (Wildman–Crippen LogP) is 6.73. The standard InChI is InChI=1S/C24H32/c1-17-8-13-23-21(16-17)6-4-5-7-22(23)20-11-9-19(10-12-20)18(2)24(3)14-15-24/h4-5,7-8,13,16,18-20H,6,9-12,14-15H2,1-3H3. The summed E-state index contributed by atoms with van der Waals surface area (Å²) in [5.41, 5.74) is 6.74. The Kier molecular flexibility index (Phi) is 4.19. The minimum atomic E-state index is 0.686. The Morgan fingerprint density at radius 2 is 1.83 bits per heavy atom. The molecule has 0 nitrogen and oxygen atoms in total. The number of rotatable bonds is 3. The Morgan fingerprint density at radius 3 is 2.54 bits per heavy atom. The van der Waals surface area contributed by atoms with Gasteiger partial charge in [-0.05, 0) is 91.7 Å². The van der Waals surface area contributed by atoms with Gasteiger partial charge < -0.3 is 0 Å². The highest BCUT2D eigenvalue weighted by Gasteiger charge is 2.45. The molecule has 0 heterocycles. The first-order valence-electron chi connectivity index (χ1n) is 10.0. The zero-order chi connectivity index (χ0) is 16.7. The van der Waals surface area contributed by atoms with Crippen LogP contribution in [0.2, 0.25) is 0 Å². The van der Waals surface area contributed by atoms with Gasteiger partial charge in [0, 0.05) is 0 Å². The van der Waals surface area contributed by atoms with Crippen molar-refractivity contribution in [3.63, 3.8) is 0 Å². The second kappa shape index (κ2) is 6.21. The van der Waals surface area contributed by atoms with Crippen LogP contribution in [-0.2, 0) is 6.42 Å². The summed E-state index contributed by atoms with van der Waals surface area (Å²) in [5.74, 6) is 2.66. The second-order valence-corrected chi connectivity index (χ2v) is 8.97. The maximum atomic E-state index is 2.53. The average Bonchev–Trinajstić information content (AvgIpc) is 3.37. The van der Waals surface area contributed by atoms with E-state index in [4.69, 9.17) is 0 Å². The van der Waals surface area contributed by atoms with Crippen molar-refractivity contribution >= 4 is 5.57 Å². The number of hydrogen-bond donors (Lipinski definition) is 0. The van der Waals surface area contributed by atoms with Gasteiger partial charge in [0.05, 0.1) is 0 Å². The lowest BCUT2D eigenvalue weighted by molar-refractivity contribution is 0.176. The third-order valence-corrected chi connectivity index (χ3v) is 7.38. The quantitative estimate of drug-likeness (QED) is 0.579. The van der Waals surface area contributed by atoms with Gasteiger partial charge in [-0.3, -0.25) is 0 Å². The van der Waals surface area contributed by atoms with Gasteiger partial charge in [-0.15, -0.1) is 0 Å². The molecule has 2 saturated carbocycles. The van der Waals surface area contributed by atoms with Gasteiger partial charge >= 0.3 is 0 Å². The first-order chi connectivity index (χ1) is 11.6. The molecule has 1 aromatic carbocycles. The number of allylic oxidation sites excluding steroid dienone is 4. The van der Waals surface area contributed by atoms with Crippen molar-refractivity contribution in [2.24, 2.45) is 23.2 Å². The van der Waals surface area contributed by atoms with Crippen molar-refractivity contribution in [3.05, 3.63) is 53.1 Å². The summed E-state index contributed by atoms with van der Waals surface area (Å²) < 4.78 is 0. The third-order valence-electron chi connectivity index (χ3n) is 7.38. The molecule has 1 aromatic rings. The van der Waals surface area contributed by atoms with E-state index in [0.29, 0.717) is 5.41 Å². The van der Waals surface area contributed by atoms with Crippen molar-refractivity contribution < 1.29 is 0 Å². The minimum absolute atomic E-state index is 0.686. The molecule has 0 aromatic heterocycles. The zero-order valence-electron chi connectivity index (χ0n) is 15.6. The lowest BCUT2D eigenvalue weighted by Gasteiger charge is -2.36. The molecule has 3 aliphatic rings. The largest absolute Gasteiger partial charge is 0.0801 e. The molecule has 24 heavy (non-hydrogen) atoms. The van der Waals surface area contributed by atoms with Gasteiger partial charge in [0.2, 0.25) is 0 Å². The van der Waals surface area contributed by atoms with Crippen LogP contribution in [0.15, 0.2) is 36.4 Å². The van der Waals surface area contributed by atoms with Crippen LogP contribution in [0.1, 0.15) is 69.1 Å². The van der Waals surface area contributed by atoms with Crippen molar-refractivity contribution in [1.29, 1.82) is 0 Å². The smallest absolute Gasteiger partial charge is 0.00882 e. The van der Waals surface area contributed by atoms with Gasteiger partial charge in [0.1, 0.15) is 0 Å². The Labute approximate surface area is 148 Å². The van der Waals surface area contributed by atoms with Gasteiger partial charge in [0.15, 0.2) is 0 Å². The molecule has 1 atom stereocenters. The monoisotopic (exact) mass is 320 g/mol. The molecule has 2 fully saturated rings. The molecule has 1 unspecified atom stereocenters. The summed E-state index contributed by atoms with van der Waals surface area (Å²) >= 11 is 0. The van der Waals surface area contributed by atoms with Crippen LogP contribution in [0.4, 0.5) is 0 Å². The van der Waals surface area contributed by atoms with Gasteiger partial charge in [-0.2, -0.15) is 0 Å². The molecular formula is C24H32.